The van der Waals surface area contributed by atoms with Gasteiger partial charge in [0, 0.05) is 18.1 Å². The van der Waals surface area contributed by atoms with Crippen molar-refractivity contribution in [2.75, 3.05) is 0 Å². The molecule has 2 N–H and O–H groups in total. The first-order valence-electron chi connectivity index (χ1n) is 6.96. The molecule has 2 aromatic carbocycles. The fourth-order valence-electron chi connectivity index (χ4n) is 2.27. The summed E-state index contributed by atoms with van der Waals surface area (Å²) >= 11 is 0. The molecule has 0 radical (unpaired) electrons. The number of nitroso groups, excluding NO2 is 1. The summed E-state index contributed by atoms with van der Waals surface area (Å²) < 4.78 is 0. The molecule has 0 fully saturated rings. The van der Waals surface area contributed by atoms with E-state index in [-0.39, 0.29) is 17.9 Å². The van der Waals surface area contributed by atoms with Crippen molar-refractivity contribution >= 4 is 22.5 Å². The van der Waals surface area contributed by atoms with Gasteiger partial charge in [-0.25, -0.2) is 0 Å². The van der Waals surface area contributed by atoms with Crippen molar-refractivity contribution in [2.24, 2.45) is 5.18 Å². The van der Waals surface area contributed by atoms with Gasteiger partial charge in [0.2, 0.25) is 0 Å². The number of phenolic OH excluding ortho intramolecular Hbond substituents is 1. The van der Waals surface area contributed by atoms with Gasteiger partial charge in [-0.2, -0.15) is 0 Å². The van der Waals surface area contributed by atoms with Gasteiger partial charge in [0.15, 0.2) is 5.75 Å². The second kappa shape index (κ2) is 6.23. The van der Waals surface area contributed by atoms with Gasteiger partial charge in [-0.1, -0.05) is 24.3 Å². The summed E-state index contributed by atoms with van der Waals surface area (Å²) in [5, 5.41) is 16.5. The zero-order chi connectivity index (χ0) is 16.2. The van der Waals surface area contributed by atoms with E-state index >= 15 is 0 Å². The van der Waals surface area contributed by atoms with Crippen LogP contribution in [-0.4, -0.2) is 16.0 Å². The number of phenols is 1. The number of amides is 1. The van der Waals surface area contributed by atoms with Crippen LogP contribution in [0.1, 0.15) is 15.9 Å². The van der Waals surface area contributed by atoms with Gasteiger partial charge < -0.3 is 10.4 Å². The largest absolute Gasteiger partial charge is 0.505 e. The summed E-state index contributed by atoms with van der Waals surface area (Å²) in [4.78, 5) is 26.7. The summed E-state index contributed by atoms with van der Waals surface area (Å²) in [6, 6.07) is 13.4. The number of benzene rings is 2. The Morgan fingerprint density at radius 2 is 1.91 bits per heavy atom. The van der Waals surface area contributed by atoms with Crippen LogP contribution in [-0.2, 0) is 6.54 Å². The first-order chi connectivity index (χ1) is 11.2. The van der Waals surface area contributed by atoms with Gasteiger partial charge in [0.25, 0.3) is 5.91 Å². The summed E-state index contributed by atoms with van der Waals surface area (Å²) in [7, 11) is 0. The van der Waals surface area contributed by atoms with Gasteiger partial charge in [-0.3, -0.25) is 9.78 Å². The molecule has 0 aliphatic carbocycles. The molecule has 0 atom stereocenters. The lowest BCUT2D eigenvalue weighted by Gasteiger charge is -2.08. The zero-order valence-corrected chi connectivity index (χ0v) is 12.1. The fourth-order valence-corrected chi connectivity index (χ4v) is 2.27. The number of fused-ring (bicyclic) bond motifs is 1. The number of rotatable bonds is 4. The number of nitrogens with one attached hydrogen (secondary N) is 1. The number of carbonyl (C=O) groups is 1. The van der Waals surface area contributed by atoms with Gasteiger partial charge in [0.05, 0.1) is 5.56 Å². The molecule has 3 rings (SSSR count). The van der Waals surface area contributed by atoms with E-state index < -0.39 is 5.91 Å². The van der Waals surface area contributed by atoms with E-state index in [4.69, 9.17) is 0 Å². The van der Waals surface area contributed by atoms with Crippen LogP contribution >= 0.6 is 0 Å². The normalized spacial score (nSPS) is 10.4. The third-order valence-electron chi connectivity index (χ3n) is 3.49. The van der Waals surface area contributed by atoms with Crippen molar-refractivity contribution in [3.8, 4) is 5.75 Å². The number of aromatic hydroxyl groups is 1. The molecule has 0 aliphatic rings. The maximum Gasteiger partial charge on any atom is 0.255 e. The molecule has 0 saturated carbocycles. The lowest BCUT2D eigenvalue weighted by molar-refractivity contribution is 0.0948. The summed E-state index contributed by atoms with van der Waals surface area (Å²) in [5.41, 5.74) is 1.71. The third kappa shape index (κ3) is 3.01. The average molecular weight is 307 g/mol. The smallest absolute Gasteiger partial charge is 0.255 e. The zero-order valence-electron chi connectivity index (χ0n) is 12.1. The molecule has 6 heteroatoms. The maximum absolute atomic E-state index is 12.2. The Balaban J connectivity index is 1.77. The van der Waals surface area contributed by atoms with E-state index in [0.717, 1.165) is 10.9 Å². The molecule has 0 bridgehead atoms. The average Bonchev–Trinajstić information content (AvgIpc) is 2.60. The van der Waals surface area contributed by atoms with Crippen molar-refractivity contribution in [1.82, 2.24) is 10.3 Å². The van der Waals surface area contributed by atoms with Gasteiger partial charge in [-0.05, 0) is 35.0 Å². The fraction of sp³-hybridized carbons (Fsp3) is 0.0588. The van der Waals surface area contributed by atoms with E-state index in [1.165, 1.54) is 0 Å². The summed E-state index contributed by atoms with van der Waals surface area (Å²) in [6.07, 6.45) is 1.56. The number of aromatic nitrogens is 1. The molecule has 3 aromatic rings. The Morgan fingerprint density at radius 1 is 1.13 bits per heavy atom. The monoisotopic (exact) mass is 307 g/mol. The Morgan fingerprint density at radius 3 is 2.65 bits per heavy atom. The van der Waals surface area contributed by atoms with Crippen LogP contribution in [0.25, 0.3) is 10.9 Å². The van der Waals surface area contributed by atoms with Crippen LogP contribution in [0.3, 0.4) is 0 Å². The SMILES string of the molecule is O=Nc1ccc(CNC(=O)c2ccc3cccnc3c2O)cc1. The standard InChI is InChI=1S/C17H13N3O3/c21-16-14(8-5-12-2-1-9-18-15(12)16)17(22)19-10-11-3-6-13(20-23)7-4-11/h1-9,21H,10H2,(H,19,22). The van der Waals surface area contributed by atoms with E-state index in [2.05, 4.69) is 15.5 Å². The minimum absolute atomic E-state index is 0.138. The van der Waals surface area contributed by atoms with E-state index in [1.807, 2.05) is 6.07 Å². The number of carbonyl (C=O) groups excluding carboxylic acids is 1. The van der Waals surface area contributed by atoms with Crippen LogP contribution in [0.5, 0.6) is 5.75 Å². The molecule has 0 unspecified atom stereocenters. The number of pyridine rings is 1. The van der Waals surface area contributed by atoms with Crippen LogP contribution in [0.4, 0.5) is 5.69 Å². The molecule has 0 saturated heterocycles. The minimum atomic E-state index is -0.396. The molecule has 23 heavy (non-hydrogen) atoms. The third-order valence-corrected chi connectivity index (χ3v) is 3.49. The molecule has 0 aliphatic heterocycles. The molecular formula is C17H13N3O3. The van der Waals surface area contributed by atoms with Gasteiger partial charge in [0.1, 0.15) is 11.2 Å². The number of hydrogen-bond donors (Lipinski definition) is 2. The van der Waals surface area contributed by atoms with Gasteiger partial charge in [-0.15, -0.1) is 4.91 Å². The highest BCUT2D eigenvalue weighted by atomic mass is 16.3. The predicted octanol–water partition coefficient (Wildman–Crippen LogP) is 3.27. The van der Waals surface area contributed by atoms with Crippen LogP contribution in [0, 0.1) is 4.91 Å². The van der Waals surface area contributed by atoms with Crippen molar-refractivity contribution in [3.05, 3.63) is 70.8 Å². The maximum atomic E-state index is 12.2. The first kappa shape index (κ1) is 14.6. The molecule has 1 amide bonds. The second-order valence-corrected chi connectivity index (χ2v) is 4.98. The summed E-state index contributed by atoms with van der Waals surface area (Å²) in [6.45, 7) is 0.275. The van der Waals surface area contributed by atoms with Crippen LogP contribution < -0.4 is 5.32 Å². The lowest BCUT2D eigenvalue weighted by atomic mass is 10.1. The van der Waals surface area contributed by atoms with Gasteiger partial charge >= 0.3 is 0 Å². The summed E-state index contributed by atoms with van der Waals surface area (Å²) in [5.74, 6) is -0.534. The Bertz CT molecular complexity index is 876. The number of hydrogen-bond acceptors (Lipinski definition) is 5. The second-order valence-electron chi connectivity index (χ2n) is 4.98. The predicted molar refractivity (Wildman–Crippen MR) is 86.5 cm³/mol. The van der Waals surface area contributed by atoms with Crippen molar-refractivity contribution in [3.63, 3.8) is 0 Å². The molecular weight excluding hydrogens is 294 g/mol. The number of nitrogens with zero attached hydrogens (tertiary/aromatic N) is 2. The van der Waals surface area contributed by atoms with Crippen molar-refractivity contribution in [2.45, 2.75) is 6.54 Å². The van der Waals surface area contributed by atoms with Crippen molar-refractivity contribution in [1.29, 1.82) is 0 Å². The minimum Gasteiger partial charge on any atom is -0.505 e. The van der Waals surface area contributed by atoms with E-state index in [1.54, 1.807) is 48.7 Å². The Labute approximate surface area is 131 Å². The molecule has 1 aromatic heterocycles. The first-order valence-corrected chi connectivity index (χ1v) is 6.96. The Kier molecular flexibility index (Phi) is 3.97. The Hall–Kier alpha value is -3.28. The highest BCUT2D eigenvalue weighted by Gasteiger charge is 2.14. The highest BCUT2D eigenvalue weighted by Crippen LogP contribution is 2.26. The van der Waals surface area contributed by atoms with Crippen molar-refractivity contribution < 1.29 is 9.90 Å². The molecule has 6 nitrogen and oxygen atoms in total. The van der Waals surface area contributed by atoms with E-state index in [9.17, 15) is 14.8 Å². The quantitative estimate of drug-likeness (QED) is 0.724. The van der Waals surface area contributed by atoms with E-state index in [0.29, 0.717) is 11.2 Å². The molecule has 0 spiro atoms. The topological polar surface area (TPSA) is 91.7 Å². The molecule has 114 valence electrons. The molecule has 1 heterocycles. The highest BCUT2D eigenvalue weighted by molar-refractivity contribution is 6.02. The van der Waals surface area contributed by atoms with Crippen LogP contribution in [0.2, 0.25) is 0 Å². The van der Waals surface area contributed by atoms with Crippen LogP contribution in [0.15, 0.2) is 59.9 Å². The lowest BCUT2D eigenvalue weighted by Crippen LogP contribution is -2.22.